The molecule has 0 aliphatic heterocycles. The lowest BCUT2D eigenvalue weighted by Gasteiger charge is -2.22. The van der Waals surface area contributed by atoms with E-state index in [0.717, 1.165) is 5.01 Å². The summed E-state index contributed by atoms with van der Waals surface area (Å²) in [4.78, 5) is 23.5. The fourth-order valence-corrected chi connectivity index (χ4v) is 1.81. The van der Waals surface area contributed by atoms with Gasteiger partial charge in [0.2, 0.25) is 0 Å². The highest BCUT2D eigenvalue weighted by atomic mass is 32.1. The number of carbonyl (C=O) groups excluding carboxylic acids is 2. The number of hydrogen-bond donors (Lipinski definition) is 1. The molecule has 2 amide bonds. The Morgan fingerprint density at radius 1 is 1.21 bits per heavy atom. The molecule has 0 aliphatic rings. The second-order valence-electron chi connectivity index (χ2n) is 4.32. The van der Waals surface area contributed by atoms with E-state index in [2.05, 4.69) is 5.43 Å². The van der Waals surface area contributed by atoms with Crippen LogP contribution in [-0.2, 0) is 9.47 Å². The Bertz CT molecular complexity index is 417. The molecule has 0 radical (unpaired) electrons. The average molecular weight is 286 g/mol. The van der Waals surface area contributed by atoms with Crippen LogP contribution in [0.5, 0.6) is 0 Å². The van der Waals surface area contributed by atoms with E-state index in [0.29, 0.717) is 5.69 Å². The van der Waals surface area contributed by atoms with E-state index >= 15 is 0 Å². The zero-order valence-electron chi connectivity index (χ0n) is 11.4. The van der Waals surface area contributed by atoms with E-state index in [-0.39, 0.29) is 12.2 Å². The van der Waals surface area contributed by atoms with Crippen molar-refractivity contribution in [3.8, 4) is 0 Å². The van der Waals surface area contributed by atoms with E-state index in [4.69, 9.17) is 9.47 Å². The number of hydrogen-bond acceptors (Lipinski definition) is 5. The number of hydrazine groups is 1. The minimum absolute atomic E-state index is 0.273. The zero-order chi connectivity index (χ0) is 14.4. The van der Waals surface area contributed by atoms with Gasteiger partial charge in [-0.15, -0.1) is 0 Å². The molecule has 106 valence electrons. The number of amides is 2. The van der Waals surface area contributed by atoms with E-state index in [1.165, 1.54) is 11.3 Å². The van der Waals surface area contributed by atoms with Crippen LogP contribution in [0, 0.1) is 0 Å². The standard InChI is InChI=1S/C12H18N2O4S/c1-8(2)17-11(15)13-14(10-5-6-19-7-10)12(16)18-9(3)4/h5-9H,1-4H3,(H,13,15). The lowest BCUT2D eigenvalue weighted by Crippen LogP contribution is -2.48. The summed E-state index contributed by atoms with van der Waals surface area (Å²) < 4.78 is 10.0. The predicted molar refractivity (Wildman–Crippen MR) is 73.2 cm³/mol. The highest BCUT2D eigenvalue weighted by Crippen LogP contribution is 2.17. The molecule has 0 unspecified atom stereocenters. The summed E-state index contributed by atoms with van der Waals surface area (Å²) in [6.07, 6.45) is -1.92. The Balaban J connectivity index is 2.76. The molecule has 1 aromatic rings. The highest BCUT2D eigenvalue weighted by Gasteiger charge is 2.22. The number of nitrogens with zero attached hydrogens (tertiary/aromatic N) is 1. The zero-order valence-corrected chi connectivity index (χ0v) is 12.2. The van der Waals surface area contributed by atoms with E-state index in [1.54, 1.807) is 44.5 Å². The molecule has 1 heterocycles. The third kappa shape index (κ3) is 5.17. The number of thiophene rings is 1. The fourth-order valence-electron chi connectivity index (χ4n) is 1.19. The van der Waals surface area contributed by atoms with Crippen molar-refractivity contribution in [3.05, 3.63) is 16.8 Å². The Morgan fingerprint density at radius 3 is 2.32 bits per heavy atom. The van der Waals surface area contributed by atoms with Crippen molar-refractivity contribution in [2.75, 3.05) is 5.01 Å². The van der Waals surface area contributed by atoms with Crippen LogP contribution in [0.3, 0.4) is 0 Å². The van der Waals surface area contributed by atoms with Gasteiger partial charge in [0, 0.05) is 5.38 Å². The molecular weight excluding hydrogens is 268 g/mol. The molecule has 0 saturated carbocycles. The maximum absolute atomic E-state index is 11.9. The maximum atomic E-state index is 11.9. The van der Waals surface area contributed by atoms with Gasteiger partial charge < -0.3 is 9.47 Å². The summed E-state index contributed by atoms with van der Waals surface area (Å²) in [7, 11) is 0. The number of anilines is 1. The first-order valence-corrected chi connectivity index (χ1v) is 6.84. The predicted octanol–water partition coefficient (Wildman–Crippen LogP) is 3.15. The summed E-state index contributed by atoms with van der Waals surface area (Å²) in [5, 5.41) is 4.54. The van der Waals surface area contributed by atoms with E-state index in [1.807, 2.05) is 0 Å². The first-order valence-electron chi connectivity index (χ1n) is 5.90. The molecule has 0 spiro atoms. The van der Waals surface area contributed by atoms with Gasteiger partial charge in [0.25, 0.3) is 0 Å². The molecule has 0 aliphatic carbocycles. The maximum Gasteiger partial charge on any atom is 0.433 e. The van der Waals surface area contributed by atoms with Crippen molar-refractivity contribution >= 4 is 29.2 Å². The van der Waals surface area contributed by atoms with Gasteiger partial charge in [-0.25, -0.2) is 15.0 Å². The minimum Gasteiger partial charge on any atom is -0.446 e. The van der Waals surface area contributed by atoms with Crippen LogP contribution in [0.4, 0.5) is 15.3 Å². The van der Waals surface area contributed by atoms with Gasteiger partial charge >= 0.3 is 12.2 Å². The van der Waals surface area contributed by atoms with Crippen LogP contribution in [0.15, 0.2) is 16.8 Å². The Hall–Kier alpha value is -1.76. The highest BCUT2D eigenvalue weighted by molar-refractivity contribution is 7.08. The molecule has 0 bridgehead atoms. The van der Waals surface area contributed by atoms with Crippen molar-refractivity contribution in [1.29, 1.82) is 0 Å². The topological polar surface area (TPSA) is 67.9 Å². The van der Waals surface area contributed by atoms with Gasteiger partial charge in [-0.1, -0.05) is 0 Å². The van der Waals surface area contributed by atoms with Crippen LogP contribution in [0.2, 0.25) is 0 Å². The third-order valence-corrected chi connectivity index (χ3v) is 2.50. The van der Waals surface area contributed by atoms with Crippen molar-refractivity contribution in [3.63, 3.8) is 0 Å². The van der Waals surface area contributed by atoms with E-state index in [9.17, 15) is 9.59 Å². The molecule has 0 aromatic carbocycles. The van der Waals surface area contributed by atoms with Gasteiger partial charge in [-0.05, 0) is 39.1 Å². The summed E-state index contributed by atoms with van der Waals surface area (Å²) in [6, 6.07) is 1.70. The van der Waals surface area contributed by atoms with Gasteiger partial charge in [0.05, 0.1) is 17.9 Å². The lowest BCUT2D eigenvalue weighted by atomic mass is 10.5. The third-order valence-electron chi connectivity index (χ3n) is 1.83. The van der Waals surface area contributed by atoms with Gasteiger partial charge in [0.15, 0.2) is 0 Å². The van der Waals surface area contributed by atoms with Crippen LogP contribution in [0.1, 0.15) is 27.7 Å². The van der Waals surface area contributed by atoms with Crippen LogP contribution in [0.25, 0.3) is 0 Å². The summed E-state index contributed by atoms with van der Waals surface area (Å²) in [5.74, 6) is 0. The van der Waals surface area contributed by atoms with Crippen LogP contribution < -0.4 is 10.4 Å². The minimum atomic E-state index is -0.707. The molecule has 1 N–H and O–H groups in total. The molecule has 19 heavy (non-hydrogen) atoms. The van der Waals surface area contributed by atoms with Crippen molar-refractivity contribution in [1.82, 2.24) is 5.43 Å². The first-order chi connectivity index (χ1) is 8.90. The molecule has 7 heteroatoms. The van der Waals surface area contributed by atoms with Crippen LogP contribution in [-0.4, -0.2) is 24.4 Å². The Labute approximate surface area is 116 Å². The molecule has 0 fully saturated rings. The molecule has 0 atom stereocenters. The molecule has 1 rings (SSSR count). The van der Waals surface area contributed by atoms with Gasteiger partial charge in [-0.2, -0.15) is 16.3 Å². The van der Waals surface area contributed by atoms with E-state index < -0.39 is 12.2 Å². The number of carbonyl (C=O) groups is 2. The SMILES string of the molecule is CC(C)OC(=O)NN(C(=O)OC(C)C)c1ccsc1. The normalized spacial score (nSPS) is 10.4. The average Bonchev–Trinajstić information content (AvgIpc) is 2.76. The quantitative estimate of drug-likeness (QED) is 0.867. The second-order valence-corrected chi connectivity index (χ2v) is 5.10. The number of nitrogens with one attached hydrogen (secondary N) is 1. The first kappa shape index (κ1) is 15.3. The summed E-state index contributed by atoms with van der Waals surface area (Å²) in [6.45, 7) is 6.91. The van der Waals surface area contributed by atoms with Crippen molar-refractivity contribution < 1.29 is 19.1 Å². The van der Waals surface area contributed by atoms with Crippen LogP contribution >= 0.6 is 11.3 Å². The van der Waals surface area contributed by atoms with Crippen molar-refractivity contribution in [2.24, 2.45) is 0 Å². The van der Waals surface area contributed by atoms with Crippen molar-refractivity contribution in [2.45, 2.75) is 39.9 Å². The number of rotatable bonds is 3. The molecule has 0 saturated heterocycles. The fraction of sp³-hybridized carbons (Fsp3) is 0.500. The monoisotopic (exact) mass is 286 g/mol. The summed E-state index contributed by atoms with van der Waals surface area (Å²) in [5.41, 5.74) is 2.88. The Kier molecular flexibility index (Phi) is 5.62. The smallest absolute Gasteiger partial charge is 0.433 e. The second kappa shape index (κ2) is 6.98. The summed E-state index contributed by atoms with van der Waals surface area (Å²) >= 11 is 1.40. The van der Waals surface area contributed by atoms with Gasteiger partial charge in [0.1, 0.15) is 0 Å². The Morgan fingerprint density at radius 2 is 1.84 bits per heavy atom. The van der Waals surface area contributed by atoms with Gasteiger partial charge in [-0.3, -0.25) is 0 Å². The molecule has 6 nitrogen and oxygen atoms in total. The lowest BCUT2D eigenvalue weighted by molar-refractivity contribution is 0.103. The molecule has 1 aromatic heterocycles. The molecular formula is C12H18N2O4S. The number of ether oxygens (including phenoxy) is 2. The largest absolute Gasteiger partial charge is 0.446 e.